The highest BCUT2D eigenvalue weighted by molar-refractivity contribution is 6.01. The van der Waals surface area contributed by atoms with Gasteiger partial charge in [0.1, 0.15) is 6.04 Å². The number of carbonyl (C=O) groups is 2. The van der Waals surface area contributed by atoms with E-state index in [4.69, 9.17) is 5.73 Å². The van der Waals surface area contributed by atoms with Crippen LogP contribution >= 0.6 is 0 Å². The SMILES string of the molecule is Cc1[nH]c2ccc(C(=O)N3Cc4ccccc4CC3C(N)=O)cc2c1C. The smallest absolute Gasteiger partial charge is 0.254 e. The average molecular weight is 347 g/mol. The van der Waals surface area contributed by atoms with Crippen LogP contribution in [-0.4, -0.2) is 27.7 Å². The molecule has 3 aromatic rings. The number of amides is 2. The Morgan fingerprint density at radius 3 is 2.58 bits per heavy atom. The molecule has 3 N–H and O–H groups in total. The van der Waals surface area contributed by atoms with Gasteiger partial charge in [0.25, 0.3) is 5.91 Å². The predicted octanol–water partition coefficient (Wildman–Crippen LogP) is 2.84. The number of hydrogen-bond donors (Lipinski definition) is 2. The quantitative estimate of drug-likeness (QED) is 0.747. The fourth-order valence-electron chi connectivity index (χ4n) is 3.75. The number of hydrogen-bond acceptors (Lipinski definition) is 2. The van der Waals surface area contributed by atoms with Gasteiger partial charge < -0.3 is 15.6 Å². The maximum Gasteiger partial charge on any atom is 0.254 e. The number of aromatic nitrogens is 1. The molecule has 132 valence electrons. The lowest BCUT2D eigenvalue weighted by atomic mass is 9.93. The highest BCUT2D eigenvalue weighted by atomic mass is 16.2. The number of rotatable bonds is 2. The van der Waals surface area contributed by atoms with Crippen molar-refractivity contribution in [2.24, 2.45) is 5.73 Å². The third-order valence-corrected chi connectivity index (χ3v) is 5.39. The normalized spacial score (nSPS) is 16.5. The summed E-state index contributed by atoms with van der Waals surface area (Å²) >= 11 is 0. The van der Waals surface area contributed by atoms with Crippen LogP contribution in [0, 0.1) is 13.8 Å². The summed E-state index contributed by atoms with van der Waals surface area (Å²) < 4.78 is 0. The Hall–Kier alpha value is -3.08. The molecular weight excluding hydrogens is 326 g/mol. The first-order chi connectivity index (χ1) is 12.5. The number of aryl methyl sites for hydroxylation is 2. The van der Waals surface area contributed by atoms with E-state index >= 15 is 0 Å². The summed E-state index contributed by atoms with van der Waals surface area (Å²) in [6.45, 7) is 4.44. The fraction of sp³-hybridized carbons (Fsp3) is 0.238. The zero-order valence-corrected chi connectivity index (χ0v) is 14.9. The summed E-state index contributed by atoms with van der Waals surface area (Å²) in [6, 6.07) is 12.9. The van der Waals surface area contributed by atoms with Crippen LogP contribution in [0.5, 0.6) is 0 Å². The number of aromatic amines is 1. The summed E-state index contributed by atoms with van der Waals surface area (Å²) in [7, 11) is 0. The lowest BCUT2D eigenvalue weighted by Crippen LogP contribution is -2.51. The maximum atomic E-state index is 13.2. The molecular formula is C21H21N3O2. The standard InChI is InChI=1S/C21H21N3O2/c1-12-13(2)23-18-8-7-15(9-17(12)18)21(26)24-11-16-6-4-3-5-14(16)10-19(24)20(22)25/h3-9,19,23H,10-11H2,1-2H3,(H2,22,25). The second-order valence-electron chi connectivity index (χ2n) is 6.96. The maximum absolute atomic E-state index is 13.2. The van der Waals surface area contributed by atoms with Gasteiger partial charge in [-0.2, -0.15) is 0 Å². The van der Waals surface area contributed by atoms with E-state index in [9.17, 15) is 9.59 Å². The number of nitrogens with two attached hydrogens (primary N) is 1. The zero-order valence-electron chi connectivity index (χ0n) is 14.9. The average Bonchev–Trinajstić information content (AvgIpc) is 2.93. The largest absolute Gasteiger partial charge is 0.368 e. The topological polar surface area (TPSA) is 79.2 Å². The van der Waals surface area contributed by atoms with Crippen molar-refractivity contribution < 1.29 is 9.59 Å². The van der Waals surface area contributed by atoms with E-state index in [0.717, 1.165) is 33.3 Å². The van der Waals surface area contributed by atoms with Crippen LogP contribution in [-0.2, 0) is 17.8 Å². The molecule has 0 fully saturated rings. The molecule has 1 atom stereocenters. The third kappa shape index (κ3) is 2.56. The molecule has 5 nitrogen and oxygen atoms in total. The number of benzene rings is 2. The third-order valence-electron chi connectivity index (χ3n) is 5.39. The van der Waals surface area contributed by atoms with Crippen LogP contribution in [0.3, 0.4) is 0 Å². The van der Waals surface area contributed by atoms with Gasteiger partial charge in [-0.3, -0.25) is 9.59 Å². The van der Waals surface area contributed by atoms with E-state index < -0.39 is 11.9 Å². The van der Waals surface area contributed by atoms with Gasteiger partial charge in [0.15, 0.2) is 0 Å². The molecule has 2 heterocycles. The summed E-state index contributed by atoms with van der Waals surface area (Å²) in [6.07, 6.45) is 0.460. The van der Waals surface area contributed by atoms with Crippen molar-refractivity contribution in [2.45, 2.75) is 32.9 Å². The number of carbonyl (C=O) groups excluding carboxylic acids is 2. The molecule has 0 radical (unpaired) electrons. The minimum absolute atomic E-state index is 0.163. The molecule has 1 unspecified atom stereocenters. The molecule has 26 heavy (non-hydrogen) atoms. The van der Waals surface area contributed by atoms with Crippen LogP contribution in [0.2, 0.25) is 0 Å². The van der Waals surface area contributed by atoms with Gasteiger partial charge in [0.2, 0.25) is 5.91 Å². The van der Waals surface area contributed by atoms with Crippen molar-refractivity contribution in [3.63, 3.8) is 0 Å². The summed E-state index contributed by atoms with van der Waals surface area (Å²) in [4.78, 5) is 30.1. The monoisotopic (exact) mass is 347 g/mol. The molecule has 1 aliphatic rings. The Morgan fingerprint density at radius 2 is 1.85 bits per heavy atom. The zero-order chi connectivity index (χ0) is 18.4. The lowest BCUT2D eigenvalue weighted by molar-refractivity contribution is -0.122. The second kappa shape index (κ2) is 6.02. The molecule has 0 saturated heterocycles. The summed E-state index contributed by atoms with van der Waals surface area (Å²) in [5.41, 5.74) is 11.6. The fourth-order valence-corrected chi connectivity index (χ4v) is 3.75. The van der Waals surface area contributed by atoms with Gasteiger partial charge in [-0.1, -0.05) is 24.3 Å². The molecule has 2 aromatic carbocycles. The highest BCUT2D eigenvalue weighted by Gasteiger charge is 2.33. The van der Waals surface area contributed by atoms with Crippen LogP contribution in [0.1, 0.15) is 32.7 Å². The molecule has 2 amide bonds. The Morgan fingerprint density at radius 1 is 1.12 bits per heavy atom. The Balaban J connectivity index is 1.74. The molecule has 1 aromatic heterocycles. The van der Waals surface area contributed by atoms with E-state index in [1.807, 2.05) is 50.2 Å². The molecule has 1 aliphatic heterocycles. The van der Waals surface area contributed by atoms with E-state index in [2.05, 4.69) is 4.98 Å². The first-order valence-corrected chi connectivity index (χ1v) is 8.71. The molecule has 0 spiro atoms. The van der Waals surface area contributed by atoms with Gasteiger partial charge in [0, 0.05) is 35.1 Å². The van der Waals surface area contributed by atoms with Gasteiger partial charge in [0.05, 0.1) is 0 Å². The number of primary amides is 1. The van der Waals surface area contributed by atoms with Crippen LogP contribution in [0.15, 0.2) is 42.5 Å². The number of nitrogens with one attached hydrogen (secondary N) is 1. The van der Waals surface area contributed by atoms with Crippen molar-refractivity contribution in [3.05, 3.63) is 70.4 Å². The molecule has 0 aliphatic carbocycles. The Labute approximate surface area is 151 Å². The van der Waals surface area contributed by atoms with E-state index in [1.54, 1.807) is 11.0 Å². The molecule has 5 heteroatoms. The number of H-pyrrole nitrogens is 1. The minimum atomic E-state index is -0.623. The van der Waals surface area contributed by atoms with Gasteiger partial charge in [-0.25, -0.2) is 0 Å². The first kappa shape index (κ1) is 16.4. The summed E-state index contributed by atoms with van der Waals surface area (Å²) in [5.74, 6) is -0.633. The number of nitrogens with zero attached hydrogens (tertiary/aromatic N) is 1. The van der Waals surface area contributed by atoms with Gasteiger partial charge in [-0.05, 0) is 48.7 Å². The Kier molecular flexibility index (Phi) is 3.80. The van der Waals surface area contributed by atoms with Crippen LogP contribution in [0.4, 0.5) is 0 Å². The van der Waals surface area contributed by atoms with Gasteiger partial charge in [-0.15, -0.1) is 0 Å². The van der Waals surface area contributed by atoms with E-state index in [0.29, 0.717) is 18.5 Å². The van der Waals surface area contributed by atoms with Crippen molar-refractivity contribution >= 4 is 22.7 Å². The van der Waals surface area contributed by atoms with Crippen molar-refractivity contribution in [1.82, 2.24) is 9.88 Å². The Bertz CT molecular complexity index is 1030. The van der Waals surface area contributed by atoms with Crippen molar-refractivity contribution in [3.8, 4) is 0 Å². The molecule has 4 rings (SSSR count). The lowest BCUT2D eigenvalue weighted by Gasteiger charge is -2.35. The van der Waals surface area contributed by atoms with E-state index in [1.165, 1.54) is 0 Å². The summed E-state index contributed by atoms with van der Waals surface area (Å²) in [5, 5.41) is 1.03. The predicted molar refractivity (Wildman–Crippen MR) is 101 cm³/mol. The van der Waals surface area contributed by atoms with E-state index in [-0.39, 0.29) is 5.91 Å². The molecule has 0 bridgehead atoms. The van der Waals surface area contributed by atoms with Crippen molar-refractivity contribution in [2.75, 3.05) is 0 Å². The van der Waals surface area contributed by atoms with Gasteiger partial charge >= 0.3 is 0 Å². The highest BCUT2D eigenvalue weighted by Crippen LogP contribution is 2.27. The second-order valence-corrected chi connectivity index (χ2v) is 6.96. The van der Waals surface area contributed by atoms with Crippen LogP contribution < -0.4 is 5.73 Å². The number of fused-ring (bicyclic) bond motifs is 2. The first-order valence-electron chi connectivity index (χ1n) is 8.71. The minimum Gasteiger partial charge on any atom is -0.368 e. The van der Waals surface area contributed by atoms with Crippen molar-refractivity contribution in [1.29, 1.82) is 0 Å². The van der Waals surface area contributed by atoms with Crippen LogP contribution in [0.25, 0.3) is 10.9 Å². The molecule has 0 saturated carbocycles.